The van der Waals surface area contributed by atoms with Crippen molar-refractivity contribution in [1.29, 1.82) is 0 Å². The summed E-state index contributed by atoms with van der Waals surface area (Å²) in [5.41, 5.74) is -3.04. The maximum absolute atomic E-state index is 9.12. The summed E-state index contributed by atoms with van der Waals surface area (Å²) in [5.74, 6) is 0. The van der Waals surface area contributed by atoms with Gasteiger partial charge in [-0.3, -0.25) is 0 Å². The van der Waals surface area contributed by atoms with E-state index in [1.165, 1.54) is 24.2 Å². The molecular weight excluding hydrogens is 334 g/mol. The average molecular weight is 358 g/mol. The van der Waals surface area contributed by atoms with Crippen molar-refractivity contribution in [3.63, 3.8) is 0 Å². The Kier molecular flexibility index (Phi) is 16.7. The minimum atomic E-state index is -4.64. The normalized spacial score (nSPS) is 13.0. The molecule has 0 aliphatic carbocycles. The molecule has 0 saturated carbocycles. The highest BCUT2D eigenvalue weighted by Gasteiger charge is 2.16. The number of rotatable bonds is 7. The van der Waals surface area contributed by atoms with Crippen LogP contribution in [-0.2, 0) is 16.4 Å². The van der Waals surface area contributed by atoms with Crippen molar-refractivity contribution < 1.29 is 34.5 Å². The van der Waals surface area contributed by atoms with Crippen molar-refractivity contribution >= 4 is 36.7 Å². The molecule has 1 atom stereocenters. The van der Waals surface area contributed by atoms with Crippen LogP contribution in [0, 0.1) is 0 Å². The third-order valence-corrected chi connectivity index (χ3v) is 5.51. The molecule has 0 aliphatic rings. The van der Waals surface area contributed by atoms with E-state index < -0.39 is 13.5 Å². The van der Waals surface area contributed by atoms with Gasteiger partial charge in [0.15, 0.2) is 0 Å². The molecule has 0 aromatic rings. The minimum Gasteiger partial charge on any atom is -0.412 e. The van der Waals surface area contributed by atoms with Gasteiger partial charge in [-0.1, -0.05) is 44.5 Å². The molecule has 0 radical (unpaired) electrons. The molecule has 0 aliphatic heterocycles. The summed E-state index contributed by atoms with van der Waals surface area (Å²) in [4.78, 5) is 39.8. The van der Waals surface area contributed by atoms with Gasteiger partial charge in [0.2, 0.25) is 5.69 Å². The van der Waals surface area contributed by atoms with Crippen LogP contribution in [0.1, 0.15) is 46.0 Å². The molecule has 120 valence electrons. The van der Waals surface area contributed by atoms with E-state index in [4.69, 9.17) is 29.0 Å². The van der Waals surface area contributed by atoms with Crippen molar-refractivity contribution in [2.45, 2.75) is 51.2 Å². The van der Waals surface area contributed by atoms with Gasteiger partial charge in [-0.2, -0.15) is 0 Å². The molecule has 0 aromatic heterocycles. The molecule has 0 bridgehead atoms. The lowest BCUT2D eigenvalue weighted by Crippen LogP contribution is -2.00. The number of hydrogen-bond acceptors (Lipinski definition) is 3. The van der Waals surface area contributed by atoms with Crippen molar-refractivity contribution in [2.75, 3.05) is 0 Å². The van der Waals surface area contributed by atoms with Crippen LogP contribution in [0.2, 0.25) is 0 Å². The number of phosphoric acid groups is 1. The van der Waals surface area contributed by atoms with E-state index in [1.807, 2.05) is 0 Å². The van der Waals surface area contributed by atoms with Gasteiger partial charge in [0.25, 0.3) is 0 Å². The summed E-state index contributed by atoms with van der Waals surface area (Å²) in [5, 5.41) is 0.326. The van der Waals surface area contributed by atoms with Gasteiger partial charge >= 0.3 is 7.82 Å². The molecule has 0 heterocycles. The maximum Gasteiger partial charge on any atom is 0.466 e. The Balaban J connectivity index is -0.000000366. The quantitative estimate of drug-likeness (QED) is 0.340. The largest absolute Gasteiger partial charge is 0.466 e. The van der Waals surface area contributed by atoms with Crippen LogP contribution >= 0.6 is 24.9 Å². The Morgan fingerprint density at radius 2 is 1.53 bits per heavy atom. The van der Waals surface area contributed by atoms with E-state index in [-0.39, 0.29) is 5.48 Å². The van der Waals surface area contributed by atoms with E-state index in [0.717, 1.165) is 19.3 Å². The molecule has 7 nitrogen and oxygen atoms in total. The van der Waals surface area contributed by atoms with Gasteiger partial charge in [-0.05, 0) is 24.6 Å². The second kappa shape index (κ2) is 12.7. The fraction of sp³-hybridized carbons (Fsp3) is 1.00. The minimum absolute atomic E-state index is 0. The van der Waals surface area contributed by atoms with Crippen LogP contribution in [-0.4, -0.2) is 35.2 Å². The number of hydrogen-bond donors (Lipinski definition) is 5. The summed E-state index contributed by atoms with van der Waals surface area (Å²) in [6.07, 6.45) is 5.60. The predicted octanol–water partition coefficient (Wildman–Crippen LogP) is 1.53. The zero-order valence-corrected chi connectivity index (χ0v) is 14.4. The van der Waals surface area contributed by atoms with Crippen LogP contribution in [0.15, 0.2) is 0 Å². The Bertz CT molecular complexity index is 283. The van der Waals surface area contributed by atoms with Crippen LogP contribution in [0.3, 0.4) is 0 Å². The van der Waals surface area contributed by atoms with Gasteiger partial charge < -0.3 is 29.9 Å². The second-order valence-corrected chi connectivity index (χ2v) is 10.9. The van der Waals surface area contributed by atoms with E-state index in [2.05, 4.69) is 25.7 Å². The SMILES string of the molecule is CCCCCC(CC)SP(O)(O)=S.O.O=P(O)(O)O. The Morgan fingerprint density at radius 3 is 1.79 bits per heavy atom. The lowest BCUT2D eigenvalue weighted by atomic mass is 10.1. The van der Waals surface area contributed by atoms with E-state index in [9.17, 15) is 0 Å². The molecule has 7 N–H and O–H groups in total. The first-order chi connectivity index (χ1) is 7.99. The fourth-order valence-corrected chi connectivity index (χ4v) is 4.98. The monoisotopic (exact) mass is 358 g/mol. The van der Waals surface area contributed by atoms with Crippen LogP contribution < -0.4 is 0 Å². The molecule has 0 aromatic carbocycles. The first-order valence-corrected chi connectivity index (χ1v) is 11.3. The second-order valence-electron chi connectivity index (χ2n) is 3.64. The van der Waals surface area contributed by atoms with Gasteiger partial charge in [0.05, 0.1) is 0 Å². The summed E-state index contributed by atoms with van der Waals surface area (Å²) in [6.45, 7) is 4.23. The standard InChI is InChI=1S/C8H19O2PS2.H3O4P.H2O/c1-3-5-6-7-8(4-2)13-11(9,10)12;1-5(2,3)4;/h8H,3-7H2,1-2H3,(H2,9,10,12);(H3,1,2,3,4);1H2. The topological polar surface area (TPSA) is 150 Å². The van der Waals surface area contributed by atoms with Crippen molar-refractivity contribution in [1.82, 2.24) is 0 Å². The first kappa shape index (κ1) is 25.0. The molecule has 0 amide bonds. The van der Waals surface area contributed by atoms with Crippen LogP contribution in [0.4, 0.5) is 0 Å². The van der Waals surface area contributed by atoms with E-state index in [0.29, 0.717) is 5.25 Å². The van der Waals surface area contributed by atoms with Gasteiger partial charge in [0.1, 0.15) is 0 Å². The smallest absolute Gasteiger partial charge is 0.412 e. The zero-order chi connectivity index (χ0) is 14.8. The summed E-state index contributed by atoms with van der Waals surface area (Å²) >= 11 is 5.78. The van der Waals surface area contributed by atoms with E-state index >= 15 is 0 Å². The molecule has 0 saturated heterocycles. The third-order valence-electron chi connectivity index (χ3n) is 1.87. The average Bonchev–Trinajstić information content (AvgIpc) is 2.12. The lowest BCUT2D eigenvalue weighted by Gasteiger charge is -2.16. The van der Waals surface area contributed by atoms with Gasteiger partial charge in [0, 0.05) is 5.25 Å². The highest BCUT2D eigenvalue weighted by molar-refractivity contribution is 8.67. The van der Waals surface area contributed by atoms with Crippen molar-refractivity contribution in [3.8, 4) is 0 Å². The fourth-order valence-electron chi connectivity index (χ4n) is 1.15. The molecule has 0 rings (SSSR count). The first-order valence-electron chi connectivity index (χ1n) is 5.51. The lowest BCUT2D eigenvalue weighted by molar-refractivity contribution is 0.275. The molecule has 0 spiro atoms. The Morgan fingerprint density at radius 1 is 1.11 bits per heavy atom. The highest BCUT2D eigenvalue weighted by atomic mass is 32.9. The zero-order valence-electron chi connectivity index (χ0n) is 11.0. The Hall–Kier alpha value is 0.990. The number of unbranched alkanes of at least 4 members (excludes halogenated alkanes) is 2. The summed E-state index contributed by atoms with van der Waals surface area (Å²) in [6, 6.07) is 0. The molecule has 19 heavy (non-hydrogen) atoms. The highest BCUT2D eigenvalue weighted by Crippen LogP contribution is 2.54. The molecule has 11 heteroatoms. The summed E-state index contributed by atoms with van der Waals surface area (Å²) in [7, 11) is -4.64. The van der Waals surface area contributed by atoms with Gasteiger partial charge in [-0.15, -0.1) is 0 Å². The predicted molar refractivity (Wildman–Crippen MR) is 82.4 cm³/mol. The van der Waals surface area contributed by atoms with Crippen LogP contribution in [0.25, 0.3) is 0 Å². The summed E-state index contributed by atoms with van der Waals surface area (Å²) < 4.78 is 8.88. The third kappa shape index (κ3) is 32.5. The molecule has 0 fully saturated rings. The van der Waals surface area contributed by atoms with Crippen LogP contribution in [0.5, 0.6) is 0 Å². The van der Waals surface area contributed by atoms with Gasteiger partial charge in [-0.25, -0.2) is 4.57 Å². The maximum atomic E-state index is 9.12. The molecule has 1 unspecified atom stereocenters. The van der Waals surface area contributed by atoms with E-state index in [1.54, 1.807) is 0 Å². The van der Waals surface area contributed by atoms with Crippen molar-refractivity contribution in [3.05, 3.63) is 0 Å². The molecular formula is C8H24O7P2S2. The Labute approximate surface area is 122 Å². The van der Waals surface area contributed by atoms with Crippen molar-refractivity contribution in [2.24, 2.45) is 0 Å².